The molecule has 5 nitrogen and oxygen atoms in total. The lowest BCUT2D eigenvalue weighted by Crippen LogP contribution is -2.28. The van der Waals surface area contributed by atoms with Crippen LogP contribution in [0.15, 0.2) is 82.0 Å². The van der Waals surface area contributed by atoms with Crippen LogP contribution in [-0.2, 0) is 6.54 Å². The van der Waals surface area contributed by atoms with Crippen molar-refractivity contribution in [3.63, 3.8) is 0 Å². The van der Waals surface area contributed by atoms with Gasteiger partial charge < -0.3 is 19.1 Å². The minimum Gasteiger partial charge on any atom is -0.467 e. The third-order valence-corrected chi connectivity index (χ3v) is 6.12. The van der Waals surface area contributed by atoms with Gasteiger partial charge in [-0.25, -0.2) is 0 Å². The number of benzene rings is 1. The topological polar surface area (TPSA) is 54.4 Å². The number of hydrogen-bond donors (Lipinski definition) is 1. The summed E-state index contributed by atoms with van der Waals surface area (Å²) in [6.07, 6.45) is 3.42. The summed E-state index contributed by atoms with van der Waals surface area (Å²) in [6.45, 7) is 0.505. The van der Waals surface area contributed by atoms with Gasteiger partial charge >= 0.3 is 0 Å². The van der Waals surface area contributed by atoms with Gasteiger partial charge in [-0.15, -0.1) is 0 Å². The van der Waals surface area contributed by atoms with Gasteiger partial charge in [-0.05, 0) is 66.8 Å². The number of nitrogens with one attached hydrogen (secondary N) is 1. The average Bonchev–Trinajstić information content (AvgIpc) is 3.51. The molecule has 4 aromatic rings. The highest BCUT2D eigenvalue weighted by Crippen LogP contribution is 2.42. The summed E-state index contributed by atoms with van der Waals surface area (Å²) >= 11 is 18.1. The van der Waals surface area contributed by atoms with Crippen molar-refractivity contribution in [1.82, 2.24) is 15.2 Å². The van der Waals surface area contributed by atoms with Crippen molar-refractivity contribution in [3.05, 3.63) is 100 Å². The third-order valence-electron chi connectivity index (χ3n) is 5.22. The van der Waals surface area contributed by atoms with E-state index in [1.807, 2.05) is 48.5 Å². The van der Waals surface area contributed by atoms with Crippen LogP contribution in [0, 0.1) is 0 Å². The van der Waals surface area contributed by atoms with Crippen molar-refractivity contribution < 1.29 is 8.83 Å². The summed E-state index contributed by atoms with van der Waals surface area (Å²) in [5.74, 6) is 2.21. The molecule has 0 saturated carbocycles. The highest BCUT2D eigenvalue weighted by molar-refractivity contribution is 7.80. The molecule has 3 aromatic heterocycles. The summed E-state index contributed by atoms with van der Waals surface area (Å²) in [5, 5.41) is 5.11. The first kappa shape index (κ1) is 20.1. The summed E-state index contributed by atoms with van der Waals surface area (Å²) in [7, 11) is 0. The first-order valence-corrected chi connectivity index (χ1v) is 10.8. The quantitative estimate of drug-likeness (QED) is 0.340. The van der Waals surface area contributed by atoms with Gasteiger partial charge in [0.15, 0.2) is 5.11 Å². The number of hydrogen-bond acceptors (Lipinski definition) is 4. The molecule has 1 aliphatic heterocycles. The Morgan fingerprint density at radius 1 is 1.06 bits per heavy atom. The zero-order valence-electron chi connectivity index (χ0n) is 16.2. The van der Waals surface area contributed by atoms with Gasteiger partial charge in [0.1, 0.15) is 23.3 Å². The van der Waals surface area contributed by atoms with Crippen LogP contribution in [0.1, 0.15) is 29.3 Å². The minimum absolute atomic E-state index is 0.177. The smallest absolute Gasteiger partial charge is 0.170 e. The maximum absolute atomic E-state index is 6.39. The monoisotopic (exact) mass is 469 g/mol. The second-order valence-electron chi connectivity index (χ2n) is 7.16. The van der Waals surface area contributed by atoms with Crippen molar-refractivity contribution in [3.8, 4) is 11.3 Å². The lowest BCUT2D eigenvalue weighted by atomic mass is 10.0. The summed E-state index contributed by atoms with van der Waals surface area (Å²) in [4.78, 5) is 6.60. The van der Waals surface area contributed by atoms with E-state index in [0.29, 0.717) is 27.5 Å². The Kier molecular flexibility index (Phi) is 5.44. The van der Waals surface area contributed by atoms with Crippen molar-refractivity contribution in [2.75, 3.05) is 0 Å². The number of pyridine rings is 1. The molecule has 1 fully saturated rings. The van der Waals surface area contributed by atoms with Gasteiger partial charge in [0.25, 0.3) is 0 Å². The van der Waals surface area contributed by atoms with E-state index in [0.717, 1.165) is 22.8 Å². The molecule has 8 heteroatoms. The number of nitrogens with zero attached hydrogens (tertiary/aromatic N) is 2. The van der Waals surface area contributed by atoms with E-state index in [2.05, 4.69) is 15.2 Å². The van der Waals surface area contributed by atoms with E-state index >= 15 is 0 Å². The molecule has 1 aliphatic rings. The summed E-state index contributed by atoms with van der Waals surface area (Å²) in [5.41, 5.74) is 1.65. The number of rotatable bonds is 5. The lowest BCUT2D eigenvalue weighted by Gasteiger charge is -2.25. The second kappa shape index (κ2) is 8.38. The Labute approximate surface area is 194 Å². The molecule has 1 aromatic carbocycles. The Bertz CT molecular complexity index is 1210. The Morgan fingerprint density at radius 2 is 1.97 bits per heavy atom. The van der Waals surface area contributed by atoms with Gasteiger partial charge in [-0.1, -0.05) is 29.3 Å². The molecule has 0 spiro atoms. The van der Waals surface area contributed by atoms with Gasteiger partial charge in [0.2, 0.25) is 0 Å². The van der Waals surface area contributed by atoms with Crippen molar-refractivity contribution in [2.24, 2.45) is 0 Å². The van der Waals surface area contributed by atoms with E-state index in [-0.39, 0.29) is 12.1 Å². The lowest BCUT2D eigenvalue weighted by molar-refractivity contribution is 0.253. The van der Waals surface area contributed by atoms with E-state index < -0.39 is 0 Å². The van der Waals surface area contributed by atoms with E-state index in [4.69, 9.17) is 44.3 Å². The fraction of sp³-hybridized carbons (Fsp3) is 0.130. The second-order valence-corrected chi connectivity index (χ2v) is 8.39. The van der Waals surface area contributed by atoms with Crippen molar-refractivity contribution in [2.45, 2.75) is 18.6 Å². The van der Waals surface area contributed by atoms with Crippen LogP contribution in [0.2, 0.25) is 10.0 Å². The molecule has 1 saturated heterocycles. The summed E-state index contributed by atoms with van der Waals surface area (Å²) in [6, 6.07) is 18.4. The largest absolute Gasteiger partial charge is 0.467 e. The highest BCUT2D eigenvalue weighted by atomic mass is 35.5. The van der Waals surface area contributed by atoms with Gasteiger partial charge in [-0.2, -0.15) is 0 Å². The molecular weight excluding hydrogens is 453 g/mol. The van der Waals surface area contributed by atoms with Gasteiger partial charge in [0.05, 0.1) is 29.6 Å². The van der Waals surface area contributed by atoms with Crippen LogP contribution in [0.3, 0.4) is 0 Å². The fourth-order valence-electron chi connectivity index (χ4n) is 3.80. The molecule has 2 unspecified atom stereocenters. The van der Waals surface area contributed by atoms with Gasteiger partial charge in [-0.3, -0.25) is 4.98 Å². The fourth-order valence-corrected chi connectivity index (χ4v) is 4.61. The number of aromatic nitrogens is 1. The molecule has 0 aliphatic carbocycles. The van der Waals surface area contributed by atoms with Crippen LogP contribution < -0.4 is 5.32 Å². The zero-order chi connectivity index (χ0) is 21.4. The van der Waals surface area contributed by atoms with Crippen LogP contribution in [0.4, 0.5) is 0 Å². The standard InChI is InChI=1S/C23H17Cl2N3O2S/c24-14-6-7-16(17(25)12-14)19-8-9-20(30-19)22-21(18-5-1-2-10-26-18)27-23(31)28(22)13-15-4-3-11-29-15/h1-12,21-22H,13H2,(H,27,31). The number of furan rings is 2. The molecular formula is C23H17Cl2N3O2S. The highest BCUT2D eigenvalue weighted by Gasteiger charge is 2.42. The summed E-state index contributed by atoms with van der Waals surface area (Å²) < 4.78 is 11.9. The Morgan fingerprint density at radius 3 is 2.71 bits per heavy atom. The van der Waals surface area contributed by atoms with E-state index in [9.17, 15) is 0 Å². The average molecular weight is 470 g/mol. The van der Waals surface area contributed by atoms with Crippen molar-refractivity contribution >= 4 is 40.5 Å². The first-order valence-electron chi connectivity index (χ1n) is 9.66. The van der Waals surface area contributed by atoms with Gasteiger partial charge in [0, 0.05) is 16.8 Å². The molecule has 5 rings (SSSR count). The molecule has 156 valence electrons. The Hall–Kier alpha value is -2.80. The first-order chi connectivity index (χ1) is 15.1. The minimum atomic E-state index is -0.215. The maximum atomic E-state index is 6.39. The molecule has 1 N–H and O–H groups in total. The molecule has 0 radical (unpaired) electrons. The molecule has 4 heterocycles. The number of thiocarbonyl (C=S) groups is 1. The van der Waals surface area contributed by atoms with Crippen LogP contribution in [-0.4, -0.2) is 15.0 Å². The van der Waals surface area contributed by atoms with Crippen LogP contribution >= 0.6 is 35.4 Å². The molecule has 31 heavy (non-hydrogen) atoms. The predicted octanol–water partition coefficient (Wildman–Crippen LogP) is 6.41. The third kappa shape index (κ3) is 3.94. The predicted molar refractivity (Wildman–Crippen MR) is 124 cm³/mol. The normalized spacial score (nSPS) is 18.4. The molecule has 2 atom stereocenters. The SMILES string of the molecule is S=C1NC(c2ccccn2)C(c2ccc(-c3ccc(Cl)cc3Cl)o2)N1Cc1ccco1. The Balaban J connectivity index is 1.55. The molecule has 0 bridgehead atoms. The zero-order valence-corrected chi connectivity index (χ0v) is 18.5. The van der Waals surface area contributed by atoms with E-state index in [1.54, 1.807) is 24.6 Å². The van der Waals surface area contributed by atoms with Crippen molar-refractivity contribution in [1.29, 1.82) is 0 Å². The maximum Gasteiger partial charge on any atom is 0.170 e. The van der Waals surface area contributed by atoms with Crippen LogP contribution in [0.25, 0.3) is 11.3 Å². The molecule has 0 amide bonds. The number of halogens is 2. The van der Waals surface area contributed by atoms with E-state index in [1.165, 1.54) is 0 Å². The van der Waals surface area contributed by atoms with Crippen LogP contribution in [0.5, 0.6) is 0 Å².